The van der Waals surface area contributed by atoms with E-state index in [0.29, 0.717) is 6.61 Å². The highest BCUT2D eigenvalue weighted by Gasteiger charge is 2.22. The van der Waals surface area contributed by atoms with Gasteiger partial charge in [-0.15, -0.1) is 0 Å². The molecule has 0 fully saturated rings. The Morgan fingerprint density at radius 1 is 1.25 bits per heavy atom. The van der Waals surface area contributed by atoms with Crippen LogP contribution < -0.4 is 0 Å². The molecule has 0 heterocycles. The maximum absolute atomic E-state index is 11.4. The highest BCUT2D eigenvalue weighted by atomic mass is 16.5. The fourth-order valence-corrected chi connectivity index (χ4v) is 1.28. The van der Waals surface area contributed by atoms with Gasteiger partial charge in [0.25, 0.3) is 0 Å². The van der Waals surface area contributed by atoms with Gasteiger partial charge in [-0.2, -0.15) is 0 Å². The van der Waals surface area contributed by atoms with Gasteiger partial charge < -0.3 is 9.84 Å². The lowest BCUT2D eigenvalue weighted by Gasteiger charge is -2.17. The lowest BCUT2D eigenvalue weighted by molar-refractivity contribution is -0.153. The molecule has 0 radical (unpaired) electrons. The second-order valence-electron chi connectivity index (χ2n) is 5.32. The molecule has 0 bridgehead atoms. The lowest BCUT2D eigenvalue weighted by atomic mass is 9.97. The summed E-state index contributed by atoms with van der Waals surface area (Å²) < 4.78 is 5.11. The van der Waals surface area contributed by atoms with E-state index < -0.39 is 5.41 Å². The second-order valence-corrected chi connectivity index (χ2v) is 5.32. The van der Waals surface area contributed by atoms with Crippen molar-refractivity contribution in [1.29, 1.82) is 0 Å². The van der Waals surface area contributed by atoms with Crippen LogP contribution in [-0.2, 0) is 9.53 Å². The zero-order valence-corrected chi connectivity index (χ0v) is 11.1. The molecule has 0 saturated heterocycles. The number of ether oxygens (including phenoxy) is 1. The molecule has 0 rings (SSSR count). The quantitative estimate of drug-likeness (QED) is 0.540. The summed E-state index contributed by atoms with van der Waals surface area (Å²) in [6.45, 7) is 8.04. The van der Waals surface area contributed by atoms with E-state index in [2.05, 4.69) is 6.92 Å². The van der Waals surface area contributed by atoms with E-state index in [-0.39, 0.29) is 12.1 Å². The van der Waals surface area contributed by atoms with Gasteiger partial charge in [-0.25, -0.2) is 0 Å². The van der Waals surface area contributed by atoms with Crippen molar-refractivity contribution in [2.24, 2.45) is 5.41 Å². The number of carbonyl (C=O) groups is 1. The first kappa shape index (κ1) is 15.4. The zero-order chi connectivity index (χ0) is 12.6. The van der Waals surface area contributed by atoms with Crippen LogP contribution >= 0.6 is 0 Å². The van der Waals surface area contributed by atoms with Crippen molar-refractivity contribution < 1.29 is 14.6 Å². The van der Waals surface area contributed by atoms with Gasteiger partial charge in [-0.05, 0) is 40.0 Å². The lowest BCUT2D eigenvalue weighted by Crippen LogP contribution is -2.23. The van der Waals surface area contributed by atoms with Crippen molar-refractivity contribution in [3.05, 3.63) is 0 Å². The number of unbranched alkanes of at least 4 members (excludes halogenated alkanes) is 1. The summed E-state index contributed by atoms with van der Waals surface area (Å²) >= 11 is 0. The molecule has 1 unspecified atom stereocenters. The molecule has 0 aliphatic rings. The van der Waals surface area contributed by atoms with Gasteiger partial charge in [0, 0.05) is 0 Å². The number of carbonyl (C=O) groups excluding carboxylic acids is 1. The van der Waals surface area contributed by atoms with Gasteiger partial charge in [0.1, 0.15) is 0 Å². The molecule has 96 valence electrons. The fraction of sp³-hybridized carbons (Fsp3) is 0.923. The maximum atomic E-state index is 11.4. The minimum Gasteiger partial charge on any atom is -0.465 e. The predicted molar refractivity (Wildman–Crippen MR) is 65.2 cm³/mol. The van der Waals surface area contributed by atoms with Gasteiger partial charge in [0.2, 0.25) is 0 Å². The number of aliphatic hydroxyl groups excluding tert-OH is 1. The van der Waals surface area contributed by atoms with Crippen LogP contribution in [0.4, 0.5) is 0 Å². The van der Waals surface area contributed by atoms with Gasteiger partial charge in [-0.3, -0.25) is 4.79 Å². The molecule has 0 aromatic carbocycles. The molecule has 3 nitrogen and oxygen atoms in total. The summed E-state index contributed by atoms with van der Waals surface area (Å²) in [7, 11) is 0. The first-order chi connectivity index (χ1) is 7.38. The van der Waals surface area contributed by atoms with Crippen molar-refractivity contribution >= 4 is 5.97 Å². The van der Waals surface area contributed by atoms with Crippen LogP contribution in [0.15, 0.2) is 0 Å². The minimum atomic E-state index is -0.430. The van der Waals surface area contributed by atoms with Crippen LogP contribution in [0.25, 0.3) is 0 Å². The van der Waals surface area contributed by atoms with Crippen LogP contribution in [0.2, 0.25) is 0 Å². The van der Waals surface area contributed by atoms with Crippen LogP contribution in [0.1, 0.15) is 59.8 Å². The summed E-state index contributed by atoms with van der Waals surface area (Å²) in [6, 6.07) is 0. The number of rotatable bonds is 7. The Morgan fingerprint density at radius 3 is 2.31 bits per heavy atom. The average molecular weight is 230 g/mol. The molecular weight excluding hydrogens is 204 g/mol. The molecule has 0 aliphatic heterocycles. The van der Waals surface area contributed by atoms with Crippen LogP contribution in [0, 0.1) is 5.41 Å². The molecule has 1 atom stereocenters. The third-order valence-corrected chi connectivity index (χ3v) is 2.42. The molecule has 0 aromatic rings. The molecule has 0 spiro atoms. The normalized spacial score (nSPS) is 13.6. The van der Waals surface area contributed by atoms with Gasteiger partial charge >= 0.3 is 5.97 Å². The van der Waals surface area contributed by atoms with Gasteiger partial charge in [-0.1, -0.05) is 19.8 Å². The van der Waals surface area contributed by atoms with E-state index in [1.165, 1.54) is 0 Å². The van der Waals surface area contributed by atoms with Crippen molar-refractivity contribution in [2.45, 2.75) is 65.9 Å². The number of hydrogen-bond acceptors (Lipinski definition) is 3. The first-order valence-corrected chi connectivity index (χ1v) is 6.23. The Balaban J connectivity index is 3.50. The van der Waals surface area contributed by atoms with E-state index in [0.717, 1.165) is 32.1 Å². The molecular formula is C13H26O3. The van der Waals surface area contributed by atoms with Crippen molar-refractivity contribution in [1.82, 2.24) is 0 Å². The Morgan fingerprint density at radius 2 is 1.81 bits per heavy atom. The molecule has 0 amide bonds. The third-order valence-electron chi connectivity index (χ3n) is 2.42. The zero-order valence-electron chi connectivity index (χ0n) is 11.1. The van der Waals surface area contributed by atoms with Crippen LogP contribution in [0.5, 0.6) is 0 Å². The third kappa shape index (κ3) is 7.69. The number of aliphatic hydroxyl groups is 1. The highest BCUT2D eigenvalue weighted by Crippen LogP contribution is 2.15. The van der Waals surface area contributed by atoms with E-state index >= 15 is 0 Å². The summed E-state index contributed by atoms with van der Waals surface area (Å²) in [5.74, 6) is -0.171. The molecule has 0 saturated carbocycles. The number of hydrogen-bond donors (Lipinski definition) is 1. The summed E-state index contributed by atoms with van der Waals surface area (Å²) in [6.07, 6.45) is 4.24. The first-order valence-electron chi connectivity index (χ1n) is 6.23. The van der Waals surface area contributed by atoms with Crippen LogP contribution in [0.3, 0.4) is 0 Å². The smallest absolute Gasteiger partial charge is 0.311 e. The van der Waals surface area contributed by atoms with E-state index in [1.54, 1.807) is 0 Å². The SMILES string of the molecule is CCCCC(O)CCCOC(=O)C(C)(C)C. The summed E-state index contributed by atoms with van der Waals surface area (Å²) in [5, 5.41) is 9.56. The molecule has 0 aromatic heterocycles. The van der Waals surface area contributed by atoms with E-state index in [4.69, 9.17) is 4.74 Å². The van der Waals surface area contributed by atoms with Crippen LogP contribution in [-0.4, -0.2) is 23.8 Å². The van der Waals surface area contributed by atoms with Gasteiger partial charge in [0.05, 0.1) is 18.1 Å². The Labute approximate surface area is 99.2 Å². The van der Waals surface area contributed by atoms with E-state index in [1.807, 2.05) is 20.8 Å². The minimum absolute atomic E-state index is 0.171. The molecule has 0 aliphatic carbocycles. The van der Waals surface area contributed by atoms with Gasteiger partial charge in [0.15, 0.2) is 0 Å². The van der Waals surface area contributed by atoms with Crippen molar-refractivity contribution in [3.8, 4) is 0 Å². The average Bonchev–Trinajstić information content (AvgIpc) is 2.19. The fourth-order valence-electron chi connectivity index (χ4n) is 1.28. The van der Waals surface area contributed by atoms with Crippen molar-refractivity contribution in [2.75, 3.05) is 6.61 Å². The summed E-state index contributed by atoms with van der Waals surface area (Å²) in [4.78, 5) is 11.4. The highest BCUT2D eigenvalue weighted by molar-refractivity contribution is 5.75. The molecule has 16 heavy (non-hydrogen) atoms. The summed E-state index contributed by atoms with van der Waals surface area (Å²) in [5.41, 5.74) is -0.430. The second kappa shape index (κ2) is 7.66. The molecule has 3 heteroatoms. The Hall–Kier alpha value is -0.570. The standard InChI is InChI=1S/C13H26O3/c1-5-6-8-11(14)9-7-10-16-12(15)13(2,3)4/h11,14H,5-10H2,1-4H3. The monoisotopic (exact) mass is 230 g/mol. The largest absolute Gasteiger partial charge is 0.465 e. The maximum Gasteiger partial charge on any atom is 0.311 e. The topological polar surface area (TPSA) is 46.5 Å². The Bertz CT molecular complexity index is 194. The van der Waals surface area contributed by atoms with E-state index in [9.17, 15) is 9.90 Å². The molecule has 1 N–H and O–H groups in total. The number of esters is 1. The van der Waals surface area contributed by atoms with Crippen molar-refractivity contribution in [3.63, 3.8) is 0 Å². The Kier molecular flexibility index (Phi) is 7.39. The predicted octanol–water partition coefficient (Wildman–Crippen LogP) is 2.91.